The fraction of sp³-hybridized carbons (Fsp3) is 0.0476. The molecule has 0 saturated heterocycles. The summed E-state index contributed by atoms with van der Waals surface area (Å²) < 4.78 is 0. The fourth-order valence-corrected chi connectivity index (χ4v) is 3.38. The molecule has 0 unspecified atom stereocenters. The molecule has 7 heteroatoms. The molecular weight excluding hydrogens is 374 g/mol. The first kappa shape index (κ1) is 19.2. The Bertz CT molecular complexity index is 1050. The van der Waals surface area contributed by atoms with Crippen molar-refractivity contribution in [3.05, 3.63) is 92.2 Å². The van der Waals surface area contributed by atoms with Crippen LogP contribution in [0.4, 0.5) is 5.69 Å². The van der Waals surface area contributed by atoms with E-state index in [0.717, 1.165) is 16.7 Å². The van der Waals surface area contributed by atoms with Crippen molar-refractivity contribution in [1.82, 2.24) is 5.43 Å². The van der Waals surface area contributed by atoms with E-state index in [0.29, 0.717) is 10.4 Å². The van der Waals surface area contributed by atoms with Gasteiger partial charge in [-0.2, -0.15) is 5.10 Å². The number of thiophene rings is 1. The molecule has 3 aromatic rings. The summed E-state index contributed by atoms with van der Waals surface area (Å²) in [6, 6.07) is 16.3. The third-order valence-corrected chi connectivity index (χ3v) is 4.88. The number of nitrogens with zero attached hydrogens (tertiary/aromatic N) is 2. The fourth-order valence-electron chi connectivity index (χ4n) is 2.58. The van der Waals surface area contributed by atoms with Gasteiger partial charge in [0.1, 0.15) is 4.88 Å². The molecule has 0 aliphatic heterocycles. The van der Waals surface area contributed by atoms with E-state index >= 15 is 0 Å². The summed E-state index contributed by atoms with van der Waals surface area (Å²) in [5.74, 6) is -0.305. The summed E-state index contributed by atoms with van der Waals surface area (Å²) in [5.41, 5.74) is 5.94. The molecule has 0 bridgehead atoms. The van der Waals surface area contributed by atoms with Crippen molar-refractivity contribution in [2.45, 2.75) is 6.92 Å². The maximum absolute atomic E-state index is 12.4. The first-order valence-electron chi connectivity index (χ1n) is 8.44. The minimum Gasteiger partial charge on any atom is -0.266 e. The van der Waals surface area contributed by atoms with Crippen molar-refractivity contribution in [1.29, 1.82) is 0 Å². The molecule has 1 amide bonds. The Labute approximate surface area is 166 Å². The van der Waals surface area contributed by atoms with Crippen LogP contribution in [0.2, 0.25) is 0 Å². The molecular formula is C21H17N3O3S. The van der Waals surface area contributed by atoms with Crippen LogP contribution in [-0.2, 0) is 0 Å². The molecule has 0 atom stereocenters. The molecule has 1 heterocycles. The van der Waals surface area contributed by atoms with E-state index in [4.69, 9.17) is 0 Å². The van der Waals surface area contributed by atoms with Gasteiger partial charge in [0.15, 0.2) is 0 Å². The van der Waals surface area contributed by atoms with E-state index in [1.807, 2.05) is 42.6 Å². The van der Waals surface area contributed by atoms with Crippen LogP contribution in [0.25, 0.3) is 17.2 Å². The molecule has 0 aliphatic rings. The van der Waals surface area contributed by atoms with Gasteiger partial charge in [-0.15, -0.1) is 11.3 Å². The van der Waals surface area contributed by atoms with Crippen molar-refractivity contribution >= 4 is 35.2 Å². The van der Waals surface area contributed by atoms with Crippen LogP contribution in [0.15, 0.2) is 71.2 Å². The number of nitrogens with one attached hydrogen (secondary N) is 1. The Morgan fingerprint density at radius 1 is 1.14 bits per heavy atom. The number of hydrazone groups is 1. The zero-order valence-corrected chi connectivity index (χ0v) is 15.8. The maximum Gasteiger partial charge on any atom is 0.282 e. The number of nitro benzene ring substituents is 1. The molecule has 1 N–H and O–H groups in total. The van der Waals surface area contributed by atoms with Gasteiger partial charge in [-0.25, -0.2) is 5.43 Å². The number of aryl methyl sites for hydroxylation is 1. The molecule has 0 aliphatic carbocycles. The molecule has 0 saturated carbocycles. The number of hydrogen-bond acceptors (Lipinski definition) is 5. The number of carbonyl (C=O) groups is 1. The van der Waals surface area contributed by atoms with Gasteiger partial charge in [-0.1, -0.05) is 42.0 Å². The van der Waals surface area contributed by atoms with Crippen LogP contribution in [0, 0.1) is 17.0 Å². The Kier molecular flexibility index (Phi) is 6.08. The Morgan fingerprint density at radius 3 is 2.64 bits per heavy atom. The molecule has 3 rings (SSSR count). The minimum atomic E-state index is -0.442. The van der Waals surface area contributed by atoms with Crippen LogP contribution in [-0.4, -0.2) is 17.0 Å². The molecule has 6 nitrogen and oxygen atoms in total. The van der Waals surface area contributed by atoms with Gasteiger partial charge in [0.25, 0.3) is 11.6 Å². The summed E-state index contributed by atoms with van der Waals surface area (Å²) in [6.45, 7) is 2.01. The van der Waals surface area contributed by atoms with Gasteiger partial charge in [-0.3, -0.25) is 14.9 Å². The van der Waals surface area contributed by atoms with E-state index in [-0.39, 0.29) is 11.6 Å². The normalized spacial score (nSPS) is 11.2. The topological polar surface area (TPSA) is 84.6 Å². The minimum absolute atomic E-state index is 0.0116. The second kappa shape index (κ2) is 8.88. The van der Waals surface area contributed by atoms with Crippen molar-refractivity contribution < 1.29 is 9.72 Å². The highest BCUT2D eigenvalue weighted by Gasteiger charge is 2.14. The summed E-state index contributed by atoms with van der Waals surface area (Å²) in [7, 11) is 0. The zero-order valence-electron chi connectivity index (χ0n) is 15.0. The third kappa shape index (κ3) is 4.57. The number of benzene rings is 2. The predicted octanol–water partition coefficient (Wildman–Crippen LogP) is 5.06. The number of carbonyl (C=O) groups excluding carboxylic acids is 1. The van der Waals surface area contributed by atoms with Crippen LogP contribution < -0.4 is 5.43 Å². The van der Waals surface area contributed by atoms with Crippen LogP contribution in [0.3, 0.4) is 0 Å². The first-order valence-corrected chi connectivity index (χ1v) is 9.32. The Morgan fingerprint density at radius 2 is 1.89 bits per heavy atom. The summed E-state index contributed by atoms with van der Waals surface area (Å²) in [4.78, 5) is 23.5. The van der Waals surface area contributed by atoms with E-state index in [1.54, 1.807) is 24.3 Å². The maximum atomic E-state index is 12.4. The van der Waals surface area contributed by atoms with Crippen LogP contribution >= 0.6 is 11.3 Å². The number of para-hydroxylation sites is 1. The largest absolute Gasteiger partial charge is 0.282 e. The van der Waals surface area contributed by atoms with Crippen molar-refractivity contribution in [2.24, 2.45) is 5.10 Å². The van der Waals surface area contributed by atoms with Crippen molar-refractivity contribution in [2.75, 3.05) is 0 Å². The van der Waals surface area contributed by atoms with E-state index in [2.05, 4.69) is 10.5 Å². The molecule has 2 aromatic carbocycles. The lowest BCUT2D eigenvalue weighted by Crippen LogP contribution is -2.16. The molecule has 140 valence electrons. The average molecular weight is 391 g/mol. The molecule has 28 heavy (non-hydrogen) atoms. The molecule has 0 radical (unpaired) electrons. The predicted molar refractivity (Wildman–Crippen MR) is 113 cm³/mol. The first-order chi connectivity index (χ1) is 13.6. The number of amides is 1. The quantitative estimate of drug-likeness (QED) is 0.362. The van der Waals surface area contributed by atoms with Gasteiger partial charge in [0.05, 0.1) is 10.5 Å². The Hall–Kier alpha value is -3.58. The number of hydrogen-bond donors (Lipinski definition) is 1. The van der Waals surface area contributed by atoms with Crippen LogP contribution in [0.5, 0.6) is 0 Å². The van der Waals surface area contributed by atoms with E-state index < -0.39 is 4.92 Å². The number of rotatable bonds is 6. The van der Waals surface area contributed by atoms with Crippen molar-refractivity contribution in [3.63, 3.8) is 0 Å². The zero-order chi connectivity index (χ0) is 19.9. The lowest BCUT2D eigenvalue weighted by molar-refractivity contribution is -0.385. The van der Waals surface area contributed by atoms with Gasteiger partial charge in [0.2, 0.25) is 0 Å². The van der Waals surface area contributed by atoms with E-state index in [9.17, 15) is 14.9 Å². The third-order valence-electron chi connectivity index (χ3n) is 3.97. The lowest BCUT2D eigenvalue weighted by Gasteiger charge is -2.03. The summed E-state index contributed by atoms with van der Waals surface area (Å²) in [6.07, 6.45) is 4.49. The van der Waals surface area contributed by atoms with Crippen LogP contribution in [0.1, 0.15) is 20.8 Å². The smallest absolute Gasteiger partial charge is 0.266 e. The standard InChI is InChI=1S/C21H17N3O3S/c1-15-8-10-16(11-9-15)18-12-14-28-20(18)21(25)23-22-13-4-6-17-5-2-3-7-19(17)24(26)27/h2-14H,1H3,(H,23,25)/b6-4+,22-13-. The molecule has 1 aromatic heterocycles. The second-order valence-corrected chi connectivity index (χ2v) is 6.84. The highest BCUT2D eigenvalue weighted by atomic mass is 32.1. The van der Waals surface area contributed by atoms with Gasteiger partial charge >= 0.3 is 0 Å². The molecule has 0 fully saturated rings. The Balaban J connectivity index is 1.66. The summed E-state index contributed by atoms with van der Waals surface area (Å²) >= 11 is 1.34. The number of nitro groups is 1. The summed E-state index contributed by atoms with van der Waals surface area (Å²) in [5, 5.41) is 16.7. The number of allylic oxidation sites excluding steroid dienone is 1. The van der Waals surface area contributed by atoms with E-state index in [1.165, 1.54) is 29.7 Å². The average Bonchev–Trinajstić information content (AvgIpc) is 3.18. The van der Waals surface area contributed by atoms with Gasteiger partial charge < -0.3 is 0 Å². The second-order valence-electron chi connectivity index (χ2n) is 5.92. The van der Waals surface area contributed by atoms with Crippen molar-refractivity contribution in [3.8, 4) is 11.1 Å². The van der Waals surface area contributed by atoms with Gasteiger partial charge in [0, 0.05) is 17.8 Å². The monoisotopic (exact) mass is 391 g/mol. The SMILES string of the molecule is Cc1ccc(-c2ccsc2C(=O)N/N=C\C=C\c2ccccc2[N+](=O)[O-])cc1. The van der Waals surface area contributed by atoms with Gasteiger partial charge in [-0.05, 0) is 42.2 Å². The highest BCUT2D eigenvalue weighted by molar-refractivity contribution is 7.12. The molecule has 0 spiro atoms. The highest BCUT2D eigenvalue weighted by Crippen LogP contribution is 2.28. The lowest BCUT2D eigenvalue weighted by atomic mass is 10.1.